The van der Waals surface area contributed by atoms with Crippen LogP contribution in [-0.4, -0.2) is 46.7 Å². The smallest absolute Gasteiger partial charge is 0.136 e. The summed E-state index contributed by atoms with van der Waals surface area (Å²) in [7, 11) is 0. The van der Waals surface area contributed by atoms with Gasteiger partial charge < -0.3 is 25.0 Å². The van der Waals surface area contributed by atoms with Gasteiger partial charge in [-0.3, -0.25) is 0 Å². The van der Waals surface area contributed by atoms with E-state index in [4.69, 9.17) is 12.2 Å². The summed E-state index contributed by atoms with van der Waals surface area (Å²) in [6.07, 6.45) is -3.35. The van der Waals surface area contributed by atoms with E-state index in [2.05, 4.69) is 5.32 Å². The third-order valence-electron chi connectivity index (χ3n) is 7.06. The van der Waals surface area contributed by atoms with Crippen molar-refractivity contribution in [3.63, 3.8) is 0 Å². The predicted molar refractivity (Wildman–Crippen MR) is 122 cm³/mol. The number of halogens is 2. The van der Waals surface area contributed by atoms with Gasteiger partial charge in [-0.05, 0) is 87.1 Å². The lowest BCUT2D eigenvalue weighted by Crippen LogP contribution is -2.58. The molecule has 0 spiro atoms. The summed E-state index contributed by atoms with van der Waals surface area (Å²) in [6.45, 7) is 6.49. The van der Waals surface area contributed by atoms with E-state index in [0.717, 1.165) is 5.56 Å². The Labute approximate surface area is 196 Å². The maximum Gasteiger partial charge on any atom is 0.136 e. The molecule has 0 saturated heterocycles. The van der Waals surface area contributed by atoms with E-state index in [1.807, 2.05) is 6.92 Å². The van der Waals surface area contributed by atoms with Gasteiger partial charge in [-0.15, -0.1) is 0 Å². The minimum atomic E-state index is -2.38. The Morgan fingerprint density at radius 1 is 1.21 bits per heavy atom. The summed E-state index contributed by atoms with van der Waals surface area (Å²) in [5.41, 5.74) is 0.750. The largest absolute Gasteiger partial charge is 0.487 e. The van der Waals surface area contributed by atoms with Gasteiger partial charge in [0.15, 0.2) is 0 Å². The lowest BCUT2D eigenvalue weighted by Gasteiger charge is -2.44. The standard InChI is InChI=1S/C26H33F2NO4/c1-14-9-23-17(12-20(14)28)5-7-22(32-23)25(31)16(3)29-13-24(30)26(4)15(2)10-18-11-19(27)6-8-21(18)33-26/h6,8-9,11-12,15-16,22,24-25,29-31H,5,7,10,13H2,1-4H3/t15?,16?,22-,24+,25+,26+/m0/s1/i16D,25D. The highest BCUT2D eigenvalue weighted by molar-refractivity contribution is 5.40. The molecule has 2 aliphatic rings. The van der Waals surface area contributed by atoms with Gasteiger partial charge in [0, 0.05) is 19.9 Å². The molecule has 2 heterocycles. The van der Waals surface area contributed by atoms with Crippen molar-refractivity contribution in [2.24, 2.45) is 5.92 Å². The predicted octanol–water partition coefficient (Wildman–Crippen LogP) is 3.70. The van der Waals surface area contributed by atoms with E-state index in [1.165, 1.54) is 37.3 Å². The van der Waals surface area contributed by atoms with Gasteiger partial charge in [-0.2, -0.15) is 0 Å². The number of nitrogens with one attached hydrogen (secondary N) is 1. The van der Waals surface area contributed by atoms with E-state index in [1.54, 1.807) is 13.8 Å². The number of rotatable bonds is 6. The average molecular weight is 464 g/mol. The van der Waals surface area contributed by atoms with Crippen molar-refractivity contribution in [3.05, 3.63) is 58.7 Å². The van der Waals surface area contributed by atoms with Crippen molar-refractivity contribution >= 4 is 0 Å². The number of fused-ring (bicyclic) bond motifs is 2. The fraction of sp³-hybridized carbons (Fsp3) is 0.538. The molecule has 0 amide bonds. The molecule has 2 aromatic rings. The van der Waals surface area contributed by atoms with Gasteiger partial charge in [-0.1, -0.05) is 6.92 Å². The summed E-state index contributed by atoms with van der Waals surface area (Å²) >= 11 is 0. The lowest BCUT2D eigenvalue weighted by molar-refractivity contribution is -0.0868. The first-order valence-electron chi connectivity index (χ1n) is 12.3. The van der Waals surface area contributed by atoms with Crippen LogP contribution < -0.4 is 14.8 Å². The van der Waals surface area contributed by atoms with Gasteiger partial charge in [0.25, 0.3) is 0 Å². The number of ether oxygens (including phenoxy) is 2. The molecule has 0 aromatic heterocycles. The molecule has 0 bridgehead atoms. The second-order valence-electron chi connectivity index (χ2n) is 9.40. The van der Waals surface area contributed by atoms with E-state index in [0.29, 0.717) is 35.5 Å². The van der Waals surface area contributed by atoms with Gasteiger partial charge in [0.1, 0.15) is 47.0 Å². The third kappa shape index (κ3) is 4.72. The zero-order chi connectivity index (χ0) is 25.8. The first kappa shape index (κ1) is 21.3. The molecule has 2 aliphatic heterocycles. The fourth-order valence-electron chi connectivity index (χ4n) is 4.55. The molecule has 180 valence electrons. The second kappa shape index (κ2) is 9.20. The maximum absolute atomic E-state index is 13.9. The van der Waals surface area contributed by atoms with E-state index >= 15 is 0 Å². The zero-order valence-corrected chi connectivity index (χ0v) is 19.4. The number of aryl methyl sites for hydroxylation is 2. The fourth-order valence-corrected chi connectivity index (χ4v) is 4.55. The molecule has 0 radical (unpaired) electrons. The van der Waals surface area contributed by atoms with Gasteiger partial charge >= 0.3 is 0 Å². The molecular formula is C26H33F2NO4. The molecule has 0 aliphatic carbocycles. The van der Waals surface area contributed by atoms with Crippen LogP contribution in [0.3, 0.4) is 0 Å². The third-order valence-corrected chi connectivity index (χ3v) is 7.06. The topological polar surface area (TPSA) is 71.0 Å². The van der Waals surface area contributed by atoms with Gasteiger partial charge in [0.2, 0.25) is 0 Å². The lowest BCUT2D eigenvalue weighted by atomic mass is 9.78. The van der Waals surface area contributed by atoms with Crippen LogP contribution in [0.25, 0.3) is 0 Å². The number of aliphatic hydroxyl groups excluding tert-OH is 1. The summed E-state index contributed by atoms with van der Waals surface area (Å²) in [5.74, 6) is 0.0416. The van der Waals surface area contributed by atoms with Crippen molar-refractivity contribution in [3.8, 4) is 11.5 Å². The van der Waals surface area contributed by atoms with Gasteiger partial charge in [-0.25, -0.2) is 8.78 Å². The summed E-state index contributed by atoms with van der Waals surface area (Å²) < 4.78 is 56.7. The Kier molecular flexibility index (Phi) is 5.94. The Bertz CT molecular complexity index is 1110. The minimum Gasteiger partial charge on any atom is -0.487 e. The molecule has 2 unspecified atom stereocenters. The molecular weight excluding hydrogens is 428 g/mol. The highest BCUT2D eigenvalue weighted by atomic mass is 19.1. The van der Waals surface area contributed by atoms with Crippen molar-refractivity contribution in [2.45, 2.75) is 76.9 Å². The first-order chi connectivity index (χ1) is 16.2. The molecule has 33 heavy (non-hydrogen) atoms. The van der Waals surface area contributed by atoms with Crippen LogP contribution in [0, 0.1) is 24.5 Å². The number of aliphatic hydroxyl groups is 2. The molecule has 2 aromatic carbocycles. The van der Waals surface area contributed by atoms with Crippen LogP contribution >= 0.6 is 0 Å². The van der Waals surface area contributed by atoms with Crippen molar-refractivity contribution in [2.75, 3.05) is 6.54 Å². The summed E-state index contributed by atoms with van der Waals surface area (Å²) in [5, 5.41) is 25.0. The Morgan fingerprint density at radius 2 is 1.97 bits per heavy atom. The summed E-state index contributed by atoms with van der Waals surface area (Å²) in [6, 6.07) is 5.29. The number of hydrogen-bond acceptors (Lipinski definition) is 5. The van der Waals surface area contributed by atoms with Crippen LogP contribution in [0.5, 0.6) is 11.5 Å². The van der Waals surface area contributed by atoms with Crippen molar-refractivity contribution in [1.29, 1.82) is 0 Å². The Hall–Kier alpha value is -2.22. The molecule has 0 saturated carbocycles. The monoisotopic (exact) mass is 463 g/mol. The highest BCUT2D eigenvalue weighted by Gasteiger charge is 2.44. The molecule has 0 fully saturated rings. The molecule has 3 N–H and O–H groups in total. The van der Waals surface area contributed by atoms with E-state index < -0.39 is 29.9 Å². The molecule has 6 atom stereocenters. The second-order valence-corrected chi connectivity index (χ2v) is 9.40. The number of benzene rings is 2. The highest BCUT2D eigenvalue weighted by Crippen LogP contribution is 2.39. The van der Waals surface area contributed by atoms with Crippen LogP contribution in [0.15, 0.2) is 30.3 Å². The van der Waals surface area contributed by atoms with Gasteiger partial charge in [0.05, 0.1) is 1.37 Å². The van der Waals surface area contributed by atoms with Crippen LogP contribution in [0.4, 0.5) is 8.78 Å². The SMILES string of the molecule is [2H]C(C)(NC[C@@H](O)[C@]1(C)Oc2ccc(F)cc2CC1C)[C@@]([2H])(O)[C@@H]1CCc2cc(F)c(C)cc2O1. The van der Waals surface area contributed by atoms with Crippen LogP contribution in [0.1, 0.15) is 46.6 Å². The van der Waals surface area contributed by atoms with Crippen molar-refractivity contribution in [1.82, 2.24) is 5.32 Å². The molecule has 7 heteroatoms. The van der Waals surface area contributed by atoms with E-state index in [-0.39, 0.29) is 30.5 Å². The number of hydrogen-bond donors (Lipinski definition) is 3. The quantitative estimate of drug-likeness (QED) is 0.610. The Balaban J connectivity index is 1.45. The Morgan fingerprint density at radius 3 is 2.73 bits per heavy atom. The van der Waals surface area contributed by atoms with Crippen LogP contribution in [0.2, 0.25) is 0 Å². The maximum atomic E-state index is 13.9. The summed E-state index contributed by atoms with van der Waals surface area (Å²) in [4.78, 5) is 0. The average Bonchev–Trinajstić information content (AvgIpc) is 2.78. The molecule has 5 nitrogen and oxygen atoms in total. The van der Waals surface area contributed by atoms with E-state index in [9.17, 15) is 19.0 Å². The first-order valence-corrected chi connectivity index (χ1v) is 11.3. The normalized spacial score (nSPS) is 29.7. The van der Waals surface area contributed by atoms with Crippen molar-refractivity contribution < 1.29 is 31.2 Å². The minimum absolute atomic E-state index is 0.133. The zero-order valence-electron chi connectivity index (χ0n) is 21.4. The van der Waals surface area contributed by atoms with Crippen LogP contribution in [-0.2, 0) is 12.8 Å². The molecule has 4 rings (SSSR count).